The molecule has 1 saturated heterocycles. The highest BCUT2D eigenvalue weighted by atomic mass is 32.2. The number of hydrogen-bond donors (Lipinski definition) is 1. The normalized spacial score (nSPS) is 17.2. The van der Waals surface area contributed by atoms with Crippen molar-refractivity contribution in [2.75, 3.05) is 16.8 Å². The molecule has 2 heterocycles. The summed E-state index contributed by atoms with van der Waals surface area (Å²) in [5, 5.41) is 11.4. The topological polar surface area (TPSA) is 75.2 Å². The molecule has 1 N–H and O–H groups in total. The summed E-state index contributed by atoms with van der Waals surface area (Å²) in [7, 11) is 0. The monoisotopic (exact) mass is 374 g/mol. The summed E-state index contributed by atoms with van der Waals surface area (Å²) in [5.41, 5.74) is 1.68. The van der Waals surface area contributed by atoms with E-state index < -0.39 is 5.25 Å². The number of nitrogens with zero attached hydrogens (tertiary/aromatic N) is 3. The van der Waals surface area contributed by atoms with Crippen LogP contribution in [0.25, 0.3) is 0 Å². The average Bonchev–Trinajstić information content (AvgIpc) is 3.17. The van der Waals surface area contributed by atoms with Gasteiger partial charge in [0.25, 0.3) is 0 Å². The number of nitrogens with one attached hydrogen (secondary N) is 1. The molecule has 1 fully saturated rings. The van der Waals surface area contributed by atoms with Gasteiger partial charge in [0.05, 0.1) is 5.69 Å². The van der Waals surface area contributed by atoms with E-state index in [1.165, 1.54) is 28.0 Å². The van der Waals surface area contributed by atoms with Crippen molar-refractivity contribution in [3.05, 3.63) is 42.5 Å². The summed E-state index contributed by atoms with van der Waals surface area (Å²) in [6.07, 6.45) is 2.67. The van der Waals surface area contributed by atoms with E-state index in [1.54, 1.807) is 6.08 Å². The minimum absolute atomic E-state index is 0.169. The fraction of sp³-hybridized carbons (Fsp3) is 0.294. The van der Waals surface area contributed by atoms with Gasteiger partial charge in [-0.05, 0) is 18.1 Å². The van der Waals surface area contributed by atoms with Crippen LogP contribution >= 0.6 is 23.1 Å². The van der Waals surface area contributed by atoms with Crippen LogP contribution < -0.4 is 10.2 Å². The second-order valence-corrected chi connectivity index (χ2v) is 7.83. The number of rotatable bonds is 7. The largest absolute Gasteiger partial charge is 0.357 e. The van der Waals surface area contributed by atoms with Crippen molar-refractivity contribution in [1.29, 1.82) is 0 Å². The van der Waals surface area contributed by atoms with Crippen molar-refractivity contribution in [1.82, 2.24) is 10.2 Å². The van der Waals surface area contributed by atoms with E-state index >= 15 is 0 Å². The minimum atomic E-state index is -0.461. The van der Waals surface area contributed by atoms with Gasteiger partial charge in [-0.1, -0.05) is 54.3 Å². The second kappa shape index (κ2) is 7.79. The molecule has 1 aliphatic heterocycles. The molecule has 2 aromatic rings. The van der Waals surface area contributed by atoms with E-state index in [-0.39, 0.29) is 18.2 Å². The van der Waals surface area contributed by atoms with Gasteiger partial charge < -0.3 is 5.32 Å². The smallest absolute Gasteiger partial charge is 0.247 e. The Balaban J connectivity index is 1.75. The highest BCUT2D eigenvalue weighted by Gasteiger charge is 2.41. The van der Waals surface area contributed by atoms with Crippen LogP contribution in [0.4, 0.5) is 10.8 Å². The summed E-state index contributed by atoms with van der Waals surface area (Å²) >= 11 is 2.66. The number of carbonyl (C=O) groups excluding carboxylic acids is 2. The first-order valence-electron chi connectivity index (χ1n) is 7.93. The fourth-order valence-electron chi connectivity index (χ4n) is 2.59. The van der Waals surface area contributed by atoms with Gasteiger partial charge in [-0.15, -0.1) is 16.8 Å². The van der Waals surface area contributed by atoms with Crippen LogP contribution in [0.15, 0.2) is 41.3 Å². The number of hydrogen-bond acceptors (Lipinski definition) is 7. The molecule has 0 aliphatic carbocycles. The van der Waals surface area contributed by atoms with Gasteiger partial charge in [0.2, 0.25) is 16.9 Å². The fourth-order valence-corrected chi connectivity index (χ4v) is 4.61. The summed E-state index contributed by atoms with van der Waals surface area (Å²) in [4.78, 5) is 26.5. The van der Waals surface area contributed by atoms with E-state index in [1.807, 2.05) is 31.2 Å². The molecule has 6 nitrogen and oxygen atoms in total. The van der Waals surface area contributed by atoms with Crippen LogP contribution in [0.2, 0.25) is 0 Å². The molecule has 8 heteroatoms. The Labute approximate surface area is 154 Å². The highest BCUT2D eigenvalue weighted by Crippen LogP contribution is 2.37. The molecule has 0 radical (unpaired) electrons. The molecule has 0 spiro atoms. The Hall–Kier alpha value is -2.19. The Bertz CT molecular complexity index is 805. The van der Waals surface area contributed by atoms with E-state index in [2.05, 4.69) is 22.1 Å². The lowest BCUT2D eigenvalue weighted by Crippen LogP contribution is -2.31. The van der Waals surface area contributed by atoms with Crippen LogP contribution in [-0.2, 0) is 16.0 Å². The third kappa shape index (κ3) is 3.74. The van der Waals surface area contributed by atoms with Gasteiger partial charge in [0.1, 0.15) is 5.25 Å². The van der Waals surface area contributed by atoms with Crippen LogP contribution in [0.5, 0.6) is 0 Å². The zero-order valence-electron chi connectivity index (χ0n) is 13.8. The Morgan fingerprint density at radius 3 is 2.96 bits per heavy atom. The second-order valence-electron chi connectivity index (χ2n) is 5.40. The standard InChI is InChI=1S/C17H18N4O2S2/c1-3-9-18-16-19-20-17(25-16)24-13-10-14(22)21(15(13)23)12-8-6-5-7-11(12)4-2/h3,5-8,13H,1,4,9-10H2,2H3,(H,18,19). The Morgan fingerprint density at radius 2 is 2.20 bits per heavy atom. The maximum absolute atomic E-state index is 12.8. The summed E-state index contributed by atoms with van der Waals surface area (Å²) in [6.45, 7) is 6.24. The molecule has 25 heavy (non-hydrogen) atoms. The number of amides is 2. The molecule has 1 aromatic heterocycles. The molecule has 130 valence electrons. The van der Waals surface area contributed by atoms with Crippen molar-refractivity contribution in [2.24, 2.45) is 0 Å². The number of carbonyl (C=O) groups is 2. The molecule has 0 saturated carbocycles. The minimum Gasteiger partial charge on any atom is -0.357 e. The molecule has 1 aliphatic rings. The van der Waals surface area contributed by atoms with E-state index in [0.717, 1.165) is 12.0 Å². The maximum atomic E-state index is 12.8. The van der Waals surface area contributed by atoms with E-state index in [4.69, 9.17) is 0 Å². The molecule has 2 amide bonds. The van der Waals surface area contributed by atoms with Crippen molar-refractivity contribution in [2.45, 2.75) is 29.4 Å². The third-order valence-corrected chi connectivity index (χ3v) is 5.92. The predicted molar refractivity (Wildman–Crippen MR) is 101 cm³/mol. The molecule has 3 rings (SSSR count). The Kier molecular flexibility index (Phi) is 5.50. The number of para-hydroxylation sites is 1. The molecule has 1 aromatic carbocycles. The summed E-state index contributed by atoms with van der Waals surface area (Å²) in [6, 6.07) is 7.53. The van der Waals surface area contributed by atoms with E-state index in [0.29, 0.717) is 21.7 Å². The van der Waals surface area contributed by atoms with Crippen molar-refractivity contribution in [3.63, 3.8) is 0 Å². The van der Waals surface area contributed by atoms with Gasteiger partial charge in [-0.3, -0.25) is 9.59 Å². The van der Waals surface area contributed by atoms with Crippen molar-refractivity contribution in [3.8, 4) is 0 Å². The molecule has 1 atom stereocenters. The van der Waals surface area contributed by atoms with Gasteiger partial charge in [0.15, 0.2) is 4.34 Å². The highest BCUT2D eigenvalue weighted by molar-refractivity contribution is 8.02. The van der Waals surface area contributed by atoms with Crippen LogP contribution in [-0.4, -0.2) is 33.8 Å². The lowest BCUT2D eigenvalue weighted by molar-refractivity contribution is -0.121. The molecule has 0 bridgehead atoms. The maximum Gasteiger partial charge on any atom is 0.247 e. The number of aryl methyl sites for hydroxylation is 1. The zero-order chi connectivity index (χ0) is 17.8. The predicted octanol–water partition coefficient (Wildman–Crippen LogP) is 3.12. The van der Waals surface area contributed by atoms with E-state index in [9.17, 15) is 9.59 Å². The first-order chi connectivity index (χ1) is 12.1. The summed E-state index contributed by atoms with van der Waals surface area (Å²) < 4.78 is 0.670. The number of aromatic nitrogens is 2. The lowest BCUT2D eigenvalue weighted by Gasteiger charge is -2.18. The van der Waals surface area contributed by atoms with Crippen molar-refractivity contribution < 1.29 is 9.59 Å². The van der Waals surface area contributed by atoms with Crippen LogP contribution in [0.1, 0.15) is 18.9 Å². The van der Waals surface area contributed by atoms with Crippen molar-refractivity contribution >= 4 is 45.7 Å². The van der Waals surface area contributed by atoms with Gasteiger partial charge in [-0.25, -0.2) is 4.90 Å². The van der Waals surface area contributed by atoms with Crippen LogP contribution in [0.3, 0.4) is 0 Å². The van der Waals surface area contributed by atoms with Crippen LogP contribution in [0, 0.1) is 0 Å². The number of imide groups is 1. The zero-order valence-corrected chi connectivity index (χ0v) is 15.4. The lowest BCUT2D eigenvalue weighted by atomic mass is 10.1. The first-order valence-corrected chi connectivity index (χ1v) is 9.63. The number of anilines is 2. The number of thioether (sulfide) groups is 1. The molecular formula is C17H18N4O2S2. The summed E-state index contributed by atoms with van der Waals surface area (Å²) in [5.74, 6) is -0.357. The van der Waals surface area contributed by atoms with Gasteiger partial charge in [-0.2, -0.15) is 0 Å². The van der Waals surface area contributed by atoms with Gasteiger partial charge >= 0.3 is 0 Å². The quantitative estimate of drug-likeness (QED) is 0.593. The average molecular weight is 374 g/mol. The molecule has 1 unspecified atom stereocenters. The third-order valence-electron chi connectivity index (χ3n) is 3.77. The SMILES string of the molecule is C=CCNc1nnc(SC2CC(=O)N(c3ccccc3CC)C2=O)s1. The first kappa shape index (κ1) is 17.6. The van der Waals surface area contributed by atoms with Gasteiger partial charge in [0, 0.05) is 13.0 Å². The Morgan fingerprint density at radius 1 is 1.40 bits per heavy atom. The molecular weight excluding hydrogens is 356 g/mol. The number of benzene rings is 1.